The summed E-state index contributed by atoms with van der Waals surface area (Å²) in [4.78, 5) is 18.7. The van der Waals surface area contributed by atoms with Crippen LogP contribution in [0.3, 0.4) is 0 Å². The van der Waals surface area contributed by atoms with E-state index in [0.717, 1.165) is 30.2 Å². The van der Waals surface area contributed by atoms with Crippen molar-refractivity contribution in [2.75, 3.05) is 26.9 Å². The van der Waals surface area contributed by atoms with Crippen molar-refractivity contribution in [2.24, 2.45) is 5.92 Å². The minimum absolute atomic E-state index is 0.00389. The summed E-state index contributed by atoms with van der Waals surface area (Å²) in [6, 6.07) is 0. The molecule has 0 aromatic carbocycles. The summed E-state index contributed by atoms with van der Waals surface area (Å²) in [5, 5.41) is 2.97. The number of thiazole rings is 1. The lowest BCUT2D eigenvalue weighted by Gasteiger charge is -2.26. The van der Waals surface area contributed by atoms with Crippen LogP contribution in [-0.2, 0) is 20.8 Å². The third kappa shape index (κ3) is 4.49. The molecule has 1 saturated heterocycles. The first kappa shape index (κ1) is 16.4. The molecule has 0 radical (unpaired) electrons. The fourth-order valence-electron chi connectivity index (χ4n) is 2.47. The number of hydrogen-bond donors (Lipinski definition) is 0. The summed E-state index contributed by atoms with van der Waals surface area (Å²) < 4.78 is 10.9. The number of carbonyl (C=O) groups excluding carboxylic acids is 1. The van der Waals surface area contributed by atoms with Gasteiger partial charge in [-0.25, -0.2) is 4.98 Å². The normalized spacial score (nSPS) is 20.2. The first-order chi connectivity index (χ1) is 10.1. The fraction of sp³-hybridized carbons (Fsp3) is 0.733. The summed E-state index contributed by atoms with van der Waals surface area (Å²) in [7, 11) is 1.84. The average Bonchev–Trinajstić information content (AvgIpc) is 2.96. The summed E-state index contributed by atoms with van der Waals surface area (Å²) in [6.45, 7) is 6.52. The Bertz CT molecular complexity index is 458. The highest BCUT2D eigenvalue weighted by Crippen LogP contribution is 2.22. The Morgan fingerprint density at radius 3 is 3.14 bits per heavy atom. The number of amides is 1. The van der Waals surface area contributed by atoms with E-state index < -0.39 is 0 Å². The Morgan fingerprint density at radius 1 is 1.67 bits per heavy atom. The average molecular weight is 312 g/mol. The highest BCUT2D eigenvalue weighted by molar-refractivity contribution is 7.09. The van der Waals surface area contributed by atoms with Crippen molar-refractivity contribution in [3.8, 4) is 0 Å². The number of aromatic nitrogens is 1. The molecule has 2 atom stereocenters. The van der Waals surface area contributed by atoms with Gasteiger partial charge in [0.05, 0.1) is 24.8 Å². The van der Waals surface area contributed by atoms with Crippen LogP contribution in [-0.4, -0.2) is 42.7 Å². The van der Waals surface area contributed by atoms with E-state index in [2.05, 4.69) is 4.98 Å². The number of carbonyl (C=O) groups is 1. The zero-order valence-electron chi connectivity index (χ0n) is 13.0. The third-order valence-electron chi connectivity index (χ3n) is 3.62. The van der Waals surface area contributed by atoms with Crippen molar-refractivity contribution in [3.63, 3.8) is 0 Å². The molecular weight excluding hydrogens is 288 g/mol. The lowest BCUT2D eigenvalue weighted by Crippen LogP contribution is -2.36. The van der Waals surface area contributed by atoms with Crippen molar-refractivity contribution in [2.45, 2.75) is 39.3 Å². The maximum atomic E-state index is 12.3. The Morgan fingerprint density at radius 2 is 2.48 bits per heavy atom. The van der Waals surface area contributed by atoms with Crippen LogP contribution >= 0.6 is 11.3 Å². The Hall–Kier alpha value is -0.980. The molecule has 0 saturated carbocycles. The summed E-state index contributed by atoms with van der Waals surface area (Å²) in [6.07, 6.45) is 1.91. The van der Waals surface area contributed by atoms with Crippen LogP contribution in [0.25, 0.3) is 0 Å². The maximum absolute atomic E-state index is 12.3. The molecule has 1 aliphatic heterocycles. The maximum Gasteiger partial charge on any atom is 0.228 e. The van der Waals surface area contributed by atoms with Crippen LogP contribution in [0.4, 0.5) is 0 Å². The van der Waals surface area contributed by atoms with E-state index >= 15 is 0 Å². The molecular formula is C15H24N2O3S. The van der Waals surface area contributed by atoms with Gasteiger partial charge in [-0.2, -0.15) is 0 Å². The second kappa shape index (κ2) is 7.87. The SMILES string of the molecule is CCO[C@@H](C)c1nc(CN(C)C(=O)[C@@H]2CCCOC2)cs1. The van der Waals surface area contributed by atoms with Gasteiger partial charge < -0.3 is 14.4 Å². The molecule has 0 spiro atoms. The molecule has 0 bridgehead atoms. The Balaban J connectivity index is 1.89. The van der Waals surface area contributed by atoms with E-state index in [-0.39, 0.29) is 17.9 Å². The van der Waals surface area contributed by atoms with Gasteiger partial charge in [-0.3, -0.25) is 4.79 Å². The van der Waals surface area contributed by atoms with E-state index in [1.165, 1.54) is 0 Å². The standard InChI is InChI=1S/C15H24N2O3S/c1-4-20-11(2)14-16-13(10-21-14)8-17(3)15(18)12-6-5-7-19-9-12/h10-12H,4-9H2,1-3H3/t11-,12+/m0/s1. The van der Waals surface area contributed by atoms with Crippen LogP contribution < -0.4 is 0 Å². The van der Waals surface area contributed by atoms with Gasteiger partial charge in [-0.1, -0.05) is 0 Å². The van der Waals surface area contributed by atoms with Crippen LogP contribution in [0.1, 0.15) is 43.5 Å². The molecule has 1 aromatic heterocycles. The summed E-state index contributed by atoms with van der Waals surface area (Å²) >= 11 is 1.59. The van der Waals surface area contributed by atoms with Gasteiger partial charge in [0.1, 0.15) is 11.1 Å². The first-order valence-corrected chi connectivity index (χ1v) is 8.38. The Labute approximate surface area is 130 Å². The monoisotopic (exact) mass is 312 g/mol. The second-order valence-electron chi connectivity index (χ2n) is 5.38. The van der Waals surface area contributed by atoms with Gasteiger partial charge >= 0.3 is 0 Å². The molecule has 6 heteroatoms. The topological polar surface area (TPSA) is 51.7 Å². The van der Waals surface area contributed by atoms with E-state index in [9.17, 15) is 4.79 Å². The van der Waals surface area contributed by atoms with Gasteiger partial charge in [0.25, 0.3) is 0 Å². The third-order valence-corrected chi connectivity index (χ3v) is 4.67. The van der Waals surface area contributed by atoms with Crippen LogP contribution in [0.15, 0.2) is 5.38 Å². The van der Waals surface area contributed by atoms with Crippen LogP contribution in [0, 0.1) is 5.92 Å². The molecule has 5 nitrogen and oxygen atoms in total. The second-order valence-corrected chi connectivity index (χ2v) is 6.27. The van der Waals surface area contributed by atoms with Gasteiger partial charge in [-0.15, -0.1) is 11.3 Å². The zero-order valence-corrected chi connectivity index (χ0v) is 13.8. The molecule has 1 fully saturated rings. The summed E-state index contributed by atoms with van der Waals surface area (Å²) in [5.74, 6) is 0.159. The van der Waals surface area contributed by atoms with E-state index in [1.807, 2.05) is 26.3 Å². The van der Waals surface area contributed by atoms with Crippen molar-refractivity contribution in [1.82, 2.24) is 9.88 Å². The van der Waals surface area contributed by atoms with Gasteiger partial charge in [-0.05, 0) is 26.7 Å². The van der Waals surface area contributed by atoms with Gasteiger partial charge in [0, 0.05) is 25.6 Å². The molecule has 0 aliphatic carbocycles. The van der Waals surface area contributed by atoms with Crippen LogP contribution in [0.5, 0.6) is 0 Å². The molecule has 1 aromatic rings. The number of rotatable bonds is 6. The zero-order chi connectivity index (χ0) is 15.2. The Kier molecular flexibility index (Phi) is 6.14. The summed E-state index contributed by atoms with van der Waals surface area (Å²) in [5.41, 5.74) is 0.925. The molecule has 21 heavy (non-hydrogen) atoms. The molecule has 2 heterocycles. The molecule has 0 N–H and O–H groups in total. The predicted octanol–water partition coefficient (Wildman–Crippen LogP) is 2.63. The minimum Gasteiger partial charge on any atom is -0.381 e. The van der Waals surface area contributed by atoms with Crippen molar-refractivity contribution >= 4 is 17.2 Å². The highest BCUT2D eigenvalue weighted by atomic mass is 32.1. The molecule has 1 aliphatic rings. The fourth-order valence-corrected chi connectivity index (χ4v) is 3.29. The first-order valence-electron chi connectivity index (χ1n) is 7.50. The van der Waals surface area contributed by atoms with Crippen LogP contribution in [0.2, 0.25) is 0 Å². The quantitative estimate of drug-likeness (QED) is 0.810. The molecule has 1 amide bonds. The van der Waals surface area contributed by atoms with Crippen molar-refractivity contribution in [1.29, 1.82) is 0 Å². The predicted molar refractivity (Wildman–Crippen MR) is 82.2 cm³/mol. The van der Waals surface area contributed by atoms with Crippen molar-refractivity contribution < 1.29 is 14.3 Å². The smallest absolute Gasteiger partial charge is 0.228 e. The lowest BCUT2D eigenvalue weighted by molar-refractivity contribution is -0.138. The molecule has 118 valence electrons. The highest BCUT2D eigenvalue weighted by Gasteiger charge is 2.25. The number of nitrogens with zero attached hydrogens (tertiary/aromatic N) is 2. The van der Waals surface area contributed by atoms with E-state index in [1.54, 1.807) is 16.2 Å². The molecule has 0 unspecified atom stereocenters. The molecule has 2 rings (SSSR count). The van der Waals surface area contributed by atoms with E-state index in [0.29, 0.717) is 19.8 Å². The lowest BCUT2D eigenvalue weighted by atomic mass is 10.0. The van der Waals surface area contributed by atoms with E-state index in [4.69, 9.17) is 9.47 Å². The minimum atomic E-state index is 0.00389. The largest absolute Gasteiger partial charge is 0.381 e. The number of ether oxygens (including phenoxy) is 2. The van der Waals surface area contributed by atoms with Gasteiger partial charge in [0.2, 0.25) is 5.91 Å². The van der Waals surface area contributed by atoms with Gasteiger partial charge in [0.15, 0.2) is 0 Å². The van der Waals surface area contributed by atoms with Crippen molar-refractivity contribution in [3.05, 3.63) is 16.1 Å². The number of hydrogen-bond acceptors (Lipinski definition) is 5.